The number of amides is 2. The van der Waals surface area contributed by atoms with E-state index < -0.39 is 0 Å². The maximum atomic E-state index is 13.0. The third kappa shape index (κ3) is 3.79. The molecule has 1 aromatic heterocycles. The van der Waals surface area contributed by atoms with Crippen molar-refractivity contribution in [2.24, 2.45) is 5.92 Å². The monoisotopic (exact) mass is 376 g/mol. The lowest BCUT2D eigenvalue weighted by molar-refractivity contribution is -0.136. The Labute approximate surface area is 164 Å². The highest BCUT2D eigenvalue weighted by molar-refractivity contribution is 5.94. The smallest absolute Gasteiger partial charge is 0.257 e. The second-order valence-electron chi connectivity index (χ2n) is 7.48. The van der Waals surface area contributed by atoms with Crippen LogP contribution >= 0.6 is 0 Å². The second-order valence-corrected chi connectivity index (χ2v) is 7.48. The molecule has 3 aromatic rings. The summed E-state index contributed by atoms with van der Waals surface area (Å²) in [5, 5.41) is 2.37. The van der Waals surface area contributed by atoms with Crippen LogP contribution in [0.3, 0.4) is 0 Å². The van der Waals surface area contributed by atoms with E-state index in [2.05, 4.69) is 30.3 Å². The fraction of sp³-hybridized carbons (Fsp3) is 0.304. The normalized spacial score (nSPS) is 16.9. The van der Waals surface area contributed by atoms with E-state index in [0.717, 1.165) is 18.4 Å². The van der Waals surface area contributed by atoms with Crippen molar-refractivity contribution in [1.29, 1.82) is 0 Å². The van der Waals surface area contributed by atoms with Crippen LogP contribution in [0, 0.1) is 5.92 Å². The largest absolute Gasteiger partial charge is 0.472 e. The number of hydrogen-bond donors (Lipinski definition) is 0. The minimum Gasteiger partial charge on any atom is -0.472 e. The van der Waals surface area contributed by atoms with Crippen molar-refractivity contribution in [3.8, 4) is 0 Å². The van der Waals surface area contributed by atoms with E-state index in [1.54, 1.807) is 15.9 Å². The fourth-order valence-electron chi connectivity index (χ4n) is 3.93. The molecule has 0 radical (unpaired) electrons. The lowest BCUT2D eigenvalue weighted by atomic mass is 9.96. The van der Waals surface area contributed by atoms with Crippen LogP contribution in [-0.4, -0.2) is 41.8 Å². The highest BCUT2D eigenvalue weighted by Crippen LogP contribution is 2.22. The molecule has 0 N–H and O–H groups in total. The molecule has 5 heteroatoms. The number of furan rings is 1. The zero-order valence-corrected chi connectivity index (χ0v) is 16.0. The van der Waals surface area contributed by atoms with Gasteiger partial charge in [-0.3, -0.25) is 9.59 Å². The molecule has 1 saturated heterocycles. The molecule has 1 unspecified atom stereocenters. The number of piperidine rings is 1. The van der Waals surface area contributed by atoms with Gasteiger partial charge in [-0.2, -0.15) is 0 Å². The summed E-state index contributed by atoms with van der Waals surface area (Å²) in [7, 11) is 1.84. The molecule has 5 nitrogen and oxygen atoms in total. The van der Waals surface area contributed by atoms with Gasteiger partial charge in [-0.15, -0.1) is 0 Å². The van der Waals surface area contributed by atoms with Gasteiger partial charge in [0.05, 0.1) is 17.7 Å². The van der Waals surface area contributed by atoms with Crippen LogP contribution in [0.5, 0.6) is 0 Å². The Kier molecular flexibility index (Phi) is 5.15. The SMILES string of the molecule is CN(Cc1ccc2ccccc2c1)C(=O)C1CCCN(C(=O)c2ccoc2)C1. The van der Waals surface area contributed by atoms with E-state index in [1.165, 1.54) is 23.3 Å². The predicted octanol–water partition coefficient (Wildman–Crippen LogP) is 3.94. The number of likely N-dealkylation sites (tertiary alicyclic amines) is 1. The average Bonchev–Trinajstić information content (AvgIpc) is 3.27. The van der Waals surface area contributed by atoms with Crippen molar-refractivity contribution in [3.05, 3.63) is 72.2 Å². The third-order valence-electron chi connectivity index (χ3n) is 5.44. The van der Waals surface area contributed by atoms with Gasteiger partial charge in [0.1, 0.15) is 6.26 Å². The lowest BCUT2D eigenvalue weighted by Gasteiger charge is -2.33. The van der Waals surface area contributed by atoms with Crippen LogP contribution in [0.2, 0.25) is 0 Å². The molecule has 28 heavy (non-hydrogen) atoms. The van der Waals surface area contributed by atoms with Gasteiger partial charge in [-0.1, -0.05) is 36.4 Å². The molecular weight excluding hydrogens is 352 g/mol. The zero-order chi connectivity index (χ0) is 19.5. The van der Waals surface area contributed by atoms with E-state index in [-0.39, 0.29) is 17.7 Å². The third-order valence-corrected chi connectivity index (χ3v) is 5.44. The Morgan fingerprint density at radius 1 is 1.14 bits per heavy atom. The molecule has 1 aliphatic rings. The first-order valence-electron chi connectivity index (χ1n) is 9.66. The molecule has 0 spiro atoms. The van der Waals surface area contributed by atoms with Crippen molar-refractivity contribution in [3.63, 3.8) is 0 Å². The Morgan fingerprint density at radius 2 is 1.96 bits per heavy atom. The van der Waals surface area contributed by atoms with Crippen molar-refractivity contribution in [1.82, 2.24) is 9.80 Å². The number of fused-ring (bicyclic) bond motifs is 1. The van der Waals surface area contributed by atoms with Gasteiger partial charge in [0.25, 0.3) is 5.91 Å². The fourth-order valence-corrected chi connectivity index (χ4v) is 3.93. The second kappa shape index (κ2) is 7.89. The Bertz CT molecular complexity index is 980. The van der Waals surface area contributed by atoms with Crippen molar-refractivity contribution >= 4 is 22.6 Å². The van der Waals surface area contributed by atoms with E-state index in [4.69, 9.17) is 4.42 Å². The summed E-state index contributed by atoms with van der Waals surface area (Å²) < 4.78 is 5.01. The Balaban J connectivity index is 1.41. The number of hydrogen-bond acceptors (Lipinski definition) is 3. The quantitative estimate of drug-likeness (QED) is 0.693. The Morgan fingerprint density at radius 3 is 2.75 bits per heavy atom. The molecule has 0 aliphatic carbocycles. The number of nitrogens with zero attached hydrogens (tertiary/aromatic N) is 2. The van der Waals surface area contributed by atoms with Gasteiger partial charge in [0.15, 0.2) is 0 Å². The molecule has 2 amide bonds. The maximum Gasteiger partial charge on any atom is 0.257 e. The summed E-state index contributed by atoms with van der Waals surface area (Å²) in [5.41, 5.74) is 1.65. The molecule has 1 aliphatic heterocycles. The van der Waals surface area contributed by atoms with Crippen LogP contribution < -0.4 is 0 Å². The summed E-state index contributed by atoms with van der Waals surface area (Å²) >= 11 is 0. The summed E-state index contributed by atoms with van der Waals surface area (Å²) in [5.74, 6) is -0.128. The van der Waals surface area contributed by atoms with Crippen LogP contribution in [0.4, 0.5) is 0 Å². The highest BCUT2D eigenvalue weighted by Gasteiger charge is 2.30. The summed E-state index contributed by atoms with van der Waals surface area (Å²) in [6, 6.07) is 16.2. The molecule has 1 atom stereocenters. The zero-order valence-electron chi connectivity index (χ0n) is 16.0. The van der Waals surface area contributed by atoms with Gasteiger partial charge >= 0.3 is 0 Å². The van der Waals surface area contributed by atoms with E-state index in [9.17, 15) is 9.59 Å². The topological polar surface area (TPSA) is 53.8 Å². The number of carbonyl (C=O) groups is 2. The van der Waals surface area contributed by atoms with Crippen molar-refractivity contribution < 1.29 is 14.0 Å². The molecular formula is C23H24N2O3. The maximum absolute atomic E-state index is 13.0. The minimum atomic E-state index is -0.157. The van der Waals surface area contributed by atoms with Crippen LogP contribution in [0.1, 0.15) is 28.8 Å². The molecule has 144 valence electrons. The van der Waals surface area contributed by atoms with Gasteiger partial charge < -0.3 is 14.2 Å². The minimum absolute atomic E-state index is 0.0663. The van der Waals surface area contributed by atoms with Crippen LogP contribution in [-0.2, 0) is 11.3 Å². The number of benzene rings is 2. The first kappa shape index (κ1) is 18.3. The molecule has 0 saturated carbocycles. The van der Waals surface area contributed by atoms with Crippen LogP contribution in [0.15, 0.2) is 65.5 Å². The first-order valence-corrected chi connectivity index (χ1v) is 9.66. The average molecular weight is 376 g/mol. The standard InChI is InChI=1S/C23H24N2O3/c1-24(14-17-8-9-18-5-2-3-6-19(18)13-17)22(26)20-7-4-11-25(15-20)23(27)21-10-12-28-16-21/h2-3,5-6,8-10,12-13,16,20H,4,7,11,14-15H2,1H3. The van der Waals surface area contributed by atoms with Crippen molar-refractivity contribution in [2.75, 3.05) is 20.1 Å². The molecule has 4 rings (SSSR count). The van der Waals surface area contributed by atoms with Crippen molar-refractivity contribution in [2.45, 2.75) is 19.4 Å². The van der Waals surface area contributed by atoms with Gasteiger partial charge in [-0.05, 0) is 41.3 Å². The Hall–Kier alpha value is -3.08. The van der Waals surface area contributed by atoms with E-state index in [0.29, 0.717) is 25.2 Å². The van der Waals surface area contributed by atoms with E-state index >= 15 is 0 Å². The predicted molar refractivity (Wildman–Crippen MR) is 108 cm³/mol. The molecule has 2 heterocycles. The highest BCUT2D eigenvalue weighted by atomic mass is 16.3. The first-order chi connectivity index (χ1) is 13.6. The number of carbonyl (C=O) groups excluding carboxylic acids is 2. The number of rotatable bonds is 4. The van der Waals surface area contributed by atoms with Crippen LogP contribution in [0.25, 0.3) is 10.8 Å². The molecule has 2 aromatic carbocycles. The van der Waals surface area contributed by atoms with E-state index in [1.807, 2.05) is 19.2 Å². The summed E-state index contributed by atoms with van der Waals surface area (Å²) in [6.07, 6.45) is 4.61. The summed E-state index contributed by atoms with van der Waals surface area (Å²) in [4.78, 5) is 29.1. The van der Waals surface area contributed by atoms with Gasteiger partial charge in [-0.25, -0.2) is 0 Å². The summed E-state index contributed by atoms with van der Waals surface area (Å²) in [6.45, 7) is 1.71. The molecule has 0 bridgehead atoms. The molecule has 1 fully saturated rings. The van der Waals surface area contributed by atoms with Gasteiger partial charge in [0, 0.05) is 26.7 Å². The van der Waals surface area contributed by atoms with Gasteiger partial charge in [0.2, 0.25) is 5.91 Å². The lowest BCUT2D eigenvalue weighted by Crippen LogP contribution is -2.45.